The van der Waals surface area contributed by atoms with Gasteiger partial charge in [0, 0.05) is 29.5 Å². The summed E-state index contributed by atoms with van der Waals surface area (Å²) in [6, 6.07) is 10.2. The van der Waals surface area contributed by atoms with E-state index in [0.29, 0.717) is 23.4 Å². The molecular formula is C20H27ClN4O. The lowest BCUT2D eigenvalue weighted by atomic mass is 9.67. The molecular weight excluding hydrogens is 348 g/mol. The summed E-state index contributed by atoms with van der Waals surface area (Å²) in [6.07, 6.45) is 7.51. The third kappa shape index (κ3) is 3.64. The van der Waals surface area contributed by atoms with E-state index in [1.165, 1.54) is 19.3 Å². The molecule has 140 valence electrons. The van der Waals surface area contributed by atoms with Gasteiger partial charge in [-0.15, -0.1) is 12.4 Å². The highest BCUT2D eigenvalue weighted by Crippen LogP contribution is 2.39. The van der Waals surface area contributed by atoms with E-state index < -0.39 is 0 Å². The van der Waals surface area contributed by atoms with Crippen LogP contribution in [0.4, 0.5) is 0 Å². The zero-order chi connectivity index (χ0) is 17.4. The summed E-state index contributed by atoms with van der Waals surface area (Å²) in [5.74, 6) is 1.11. The molecule has 2 aromatic rings. The minimum atomic E-state index is 0. The lowest BCUT2D eigenvalue weighted by Gasteiger charge is -2.45. The summed E-state index contributed by atoms with van der Waals surface area (Å²) in [7, 11) is 0. The van der Waals surface area contributed by atoms with Crippen LogP contribution in [0.1, 0.15) is 48.2 Å². The van der Waals surface area contributed by atoms with Crippen molar-refractivity contribution < 1.29 is 4.79 Å². The van der Waals surface area contributed by atoms with Crippen molar-refractivity contribution in [1.82, 2.24) is 15.1 Å². The van der Waals surface area contributed by atoms with Crippen LogP contribution in [0.15, 0.2) is 36.5 Å². The zero-order valence-corrected chi connectivity index (χ0v) is 15.9. The molecule has 3 N–H and O–H groups in total. The van der Waals surface area contributed by atoms with Crippen molar-refractivity contribution in [3.8, 4) is 5.69 Å². The second-order valence-corrected chi connectivity index (χ2v) is 7.61. The lowest BCUT2D eigenvalue weighted by molar-refractivity contribution is 0.0756. The Bertz CT molecular complexity index is 743. The molecule has 1 aromatic heterocycles. The first-order valence-corrected chi connectivity index (χ1v) is 9.29. The average Bonchev–Trinajstić information content (AvgIpc) is 3.02. The van der Waals surface area contributed by atoms with Crippen LogP contribution in [-0.4, -0.2) is 27.8 Å². The fourth-order valence-electron chi connectivity index (χ4n) is 4.65. The average molecular weight is 375 g/mol. The number of fused-ring (bicyclic) bond motifs is 2. The van der Waals surface area contributed by atoms with Crippen LogP contribution in [0.3, 0.4) is 0 Å². The highest BCUT2D eigenvalue weighted by atomic mass is 35.5. The van der Waals surface area contributed by atoms with Gasteiger partial charge in [-0.1, -0.05) is 6.42 Å². The number of hydrogen-bond acceptors (Lipinski definition) is 3. The molecule has 0 spiro atoms. The molecule has 5 nitrogen and oxygen atoms in total. The smallest absolute Gasteiger partial charge is 0.251 e. The Morgan fingerprint density at radius 1 is 1.15 bits per heavy atom. The number of aromatic nitrogens is 2. The molecule has 2 fully saturated rings. The van der Waals surface area contributed by atoms with Gasteiger partial charge in [-0.3, -0.25) is 4.79 Å². The van der Waals surface area contributed by atoms with E-state index in [-0.39, 0.29) is 24.4 Å². The molecule has 4 rings (SSSR count). The summed E-state index contributed by atoms with van der Waals surface area (Å²) in [6.45, 7) is 2.01. The van der Waals surface area contributed by atoms with E-state index >= 15 is 0 Å². The fourth-order valence-corrected chi connectivity index (χ4v) is 4.65. The van der Waals surface area contributed by atoms with Crippen molar-refractivity contribution in [2.45, 2.75) is 51.1 Å². The second kappa shape index (κ2) is 7.80. The minimum absolute atomic E-state index is 0. The number of benzene rings is 1. The molecule has 26 heavy (non-hydrogen) atoms. The topological polar surface area (TPSA) is 72.9 Å². The summed E-state index contributed by atoms with van der Waals surface area (Å²) in [5, 5.41) is 7.61. The van der Waals surface area contributed by atoms with Gasteiger partial charge in [0.25, 0.3) is 5.91 Å². The van der Waals surface area contributed by atoms with Crippen LogP contribution in [0.25, 0.3) is 5.69 Å². The first-order chi connectivity index (χ1) is 12.1. The highest BCUT2D eigenvalue weighted by molar-refractivity contribution is 5.94. The molecule has 2 saturated carbocycles. The molecule has 2 aliphatic carbocycles. The quantitative estimate of drug-likeness (QED) is 0.866. The molecule has 0 radical (unpaired) electrons. The van der Waals surface area contributed by atoms with Gasteiger partial charge in [0.15, 0.2) is 0 Å². The Balaban J connectivity index is 0.00000196. The van der Waals surface area contributed by atoms with Crippen molar-refractivity contribution in [2.75, 3.05) is 0 Å². The monoisotopic (exact) mass is 374 g/mol. The van der Waals surface area contributed by atoms with Crippen molar-refractivity contribution >= 4 is 18.3 Å². The standard InChI is InChI=1S/C20H26N4O.ClH/c1-13-9-10-22-24(13)18-7-5-14(6-8-18)20(25)23-19-15-3-2-4-16(19)12-17(21)11-15;/h5-10,15-17,19H,2-4,11-12,21H2,1H3,(H,23,25);1H. The van der Waals surface area contributed by atoms with Crippen LogP contribution in [0, 0.1) is 18.8 Å². The SMILES string of the molecule is Cc1ccnn1-c1ccc(C(=O)NC2C3CCCC2CC(N)C3)cc1.Cl. The number of hydrogen-bond donors (Lipinski definition) is 2. The summed E-state index contributed by atoms with van der Waals surface area (Å²) < 4.78 is 1.87. The van der Waals surface area contributed by atoms with E-state index in [1.54, 1.807) is 6.20 Å². The van der Waals surface area contributed by atoms with Crippen LogP contribution in [-0.2, 0) is 0 Å². The molecule has 2 atom stereocenters. The fraction of sp³-hybridized carbons (Fsp3) is 0.500. The van der Waals surface area contributed by atoms with Crippen molar-refractivity contribution in [2.24, 2.45) is 17.6 Å². The Hall–Kier alpha value is -1.85. The minimum Gasteiger partial charge on any atom is -0.349 e. The number of nitrogens with zero attached hydrogens (tertiary/aromatic N) is 2. The maximum atomic E-state index is 12.7. The molecule has 2 aliphatic rings. The number of carbonyl (C=O) groups is 1. The van der Waals surface area contributed by atoms with E-state index in [1.807, 2.05) is 41.9 Å². The van der Waals surface area contributed by atoms with E-state index in [0.717, 1.165) is 24.2 Å². The Kier molecular flexibility index (Phi) is 5.68. The van der Waals surface area contributed by atoms with E-state index in [4.69, 9.17) is 5.73 Å². The van der Waals surface area contributed by atoms with E-state index in [2.05, 4.69) is 10.4 Å². The normalized spacial score (nSPS) is 27.5. The van der Waals surface area contributed by atoms with Crippen molar-refractivity contribution in [3.05, 3.63) is 47.8 Å². The van der Waals surface area contributed by atoms with Gasteiger partial charge in [-0.25, -0.2) is 4.68 Å². The molecule has 6 heteroatoms. The third-order valence-corrected chi connectivity index (χ3v) is 5.88. The number of nitrogens with two attached hydrogens (primary N) is 1. The molecule has 2 bridgehead atoms. The van der Waals surface area contributed by atoms with Crippen molar-refractivity contribution in [1.29, 1.82) is 0 Å². The molecule has 1 aromatic carbocycles. The largest absolute Gasteiger partial charge is 0.349 e. The van der Waals surface area contributed by atoms with Crippen LogP contribution in [0.2, 0.25) is 0 Å². The number of amides is 1. The Morgan fingerprint density at radius 3 is 2.38 bits per heavy atom. The first kappa shape index (κ1) is 18.9. The molecule has 1 heterocycles. The predicted molar refractivity (Wildman–Crippen MR) is 105 cm³/mol. The van der Waals surface area contributed by atoms with Gasteiger partial charge in [-0.05, 0) is 74.8 Å². The lowest BCUT2D eigenvalue weighted by Crippen LogP contribution is -2.53. The maximum absolute atomic E-state index is 12.7. The van der Waals surface area contributed by atoms with Gasteiger partial charge in [0.1, 0.15) is 0 Å². The Labute approximate surface area is 160 Å². The van der Waals surface area contributed by atoms with Crippen LogP contribution < -0.4 is 11.1 Å². The van der Waals surface area contributed by atoms with E-state index in [9.17, 15) is 4.79 Å². The zero-order valence-electron chi connectivity index (χ0n) is 15.1. The molecule has 0 saturated heterocycles. The number of rotatable bonds is 3. The summed E-state index contributed by atoms with van der Waals surface area (Å²) >= 11 is 0. The van der Waals surface area contributed by atoms with Gasteiger partial charge in [0.05, 0.1) is 5.69 Å². The van der Waals surface area contributed by atoms with Crippen molar-refractivity contribution in [3.63, 3.8) is 0 Å². The second-order valence-electron chi connectivity index (χ2n) is 7.61. The maximum Gasteiger partial charge on any atom is 0.251 e. The highest BCUT2D eigenvalue weighted by Gasteiger charge is 2.39. The van der Waals surface area contributed by atoms with Gasteiger partial charge >= 0.3 is 0 Å². The number of carbonyl (C=O) groups excluding carboxylic acids is 1. The molecule has 2 unspecified atom stereocenters. The molecule has 1 amide bonds. The number of nitrogens with one attached hydrogen (secondary N) is 1. The third-order valence-electron chi connectivity index (χ3n) is 5.88. The van der Waals surface area contributed by atoms with Gasteiger partial charge in [-0.2, -0.15) is 5.10 Å². The van der Waals surface area contributed by atoms with Crippen LogP contribution >= 0.6 is 12.4 Å². The van der Waals surface area contributed by atoms with Gasteiger partial charge in [0.2, 0.25) is 0 Å². The van der Waals surface area contributed by atoms with Crippen LogP contribution in [0.5, 0.6) is 0 Å². The van der Waals surface area contributed by atoms with Gasteiger partial charge < -0.3 is 11.1 Å². The summed E-state index contributed by atoms with van der Waals surface area (Å²) in [4.78, 5) is 12.7. The predicted octanol–water partition coefficient (Wildman–Crippen LogP) is 3.24. The Morgan fingerprint density at radius 2 is 1.81 bits per heavy atom. The molecule has 0 aliphatic heterocycles. The first-order valence-electron chi connectivity index (χ1n) is 9.29. The number of aryl methyl sites for hydroxylation is 1. The number of halogens is 1. The summed E-state index contributed by atoms with van der Waals surface area (Å²) in [5.41, 5.74) is 8.94.